The third kappa shape index (κ3) is 5.21. The number of benzene rings is 1. The largest absolute Gasteiger partial charge is 0.465 e. The van der Waals surface area contributed by atoms with Gasteiger partial charge in [0, 0.05) is 40.7 Å². The van der Waals surface area contributed by atoms with Crippen LogP contribution in [-0.4, -0.2) is 55.7 Å². The van der Waals surface area contributed by atoms with Crippen LogP contribution in [0.5, 0.6) is 0 Å². The molecule has 0 bridgehead atoms. The number of thioether (sulfide) groups is 1. The zero-order chi connectivity index (χ0) is 25.1. The number of aromatic nitrogens is 2. The minimum Gasteiger partial charge on any atom is -0.465 e. The number of hydrogen-bond acceptors (Lipinski definition) is 7. The maximum absolute atomic E-state index is 13.0. The highest BCUT2D eigenvalue weighted by Gasteiger charge is 2.42. The number of hydrogen-bond donors (Lipinski definition) is 3. The van der Waals surface area contributed by atoms with E-state index in [1.165, 1.54) is 28.0 Å². The minimum absolute atomic E-state index is 0.0674. The van der Waals surface area contributed by atoms with Gasteiger partial charge in [-0.2, -0.15) is 0 Å². The Hall–Kier alpha value is -3.44. The molecule has 1 saturated carbocycles. The van der Waals surface area contributed by atoms with E-state index in [1.807, 2.05) is 17.5 Å². The summed E-state index contributed by atoms with van der Waals surface area (Å²) in [5.41, 5.74) is 2.88. The lowest BCUT2D eigenvalue weighted by molar-refractivity contribution is -0.119. The Morgan fingerprint density at radius 2 is 1.75 bits per heavy atom. The molecule has 36 heavy (non-hydrogen) atoms. The first-order valence-corrected chi connectivity index (χ1v) is 13.6. The number of carboxylic acid groups (broad SMARTS) is 1. The van der Waals surface area contributed by atoms with E-state index in [4.69, 9.17) is 0 Å². The molecule has 1 aliphatic heterocycles. The normalized spacial score (nSPS) is 19.8. The molecule has 1 saturated heterocycles. The Labute approximate surface area is 216 Å². The van der Waals surface area contributed by atoms with Gasteiger partial charge in [0.15, 0.2) is 5.13 Å². The monoisotopic (exact) mass is 523 g/mol. The summed E-state index contributed by atoms with van der Waals surface area (Å²) in [5, 5.41) is 17.4. The molecule has 3 heterocycles. The van der Waals surface area contributed by atoms with Crippen molar-refractivity contribution in [1.82, 2.24) is 20.2 Å². The highest BCUT2D eigenvalue weighted by atomic mass is 32.2. The molecule has 1 aromatic carbocycles. The third-order valence-electron chi connectivity index (χ3n) is 6.38. The van der Waals surface area contributed by atoms with Gasteiger partial charge in [-0.15, -0.1) is 23.1 Å². The van der Waals surface area contributed by atoms with Crippen LogP contribution in [0.4, 0.5) is 9.93 Å². The van der Waals surface area contributed by atoms with Crippen molar-refractivity contribution in [3.05, 3.63) is 65.3 Å². The summed E-state index contributed by atoms with van der Waals surface area (Å²) in [5.74, 6) is -0.142. The number of amides is 3. The van der Waals surface area contributed by atoms with E-state index in [1.54, 1.807) is 36.7 Å². The summed E-state index contributed by atoms with van der Waals surface area (Å²) in [6.07, 6.45) is 6.44. The van der Waals surface area contributed by atoms with Gasteiger partial charge in [0.2, 0.25) is 5.91 Å². The second kappa shape index (κ2) is 10.7. The van der Waals surface area contributed by atoms with Crippen molar-refractivity contribution in [2.75, 3.05) is 11.1 Å². The van der Waals surface area contributed by atoms with Gasteiger partial charge in [0.25, 0.3) is 5.91 Å². The minimum atomic E-state index is -1.15. The maximum Gasteiger partial charge on any atom is 0.409 e. The van der Waals surface area contributed by atoms with Crippen LogP contribution < -0.4 is 10.6 Å². The average molecular weight is 524 g/mol. The SMILES string of the molecule is O=C(NC1CCCC1)c1ccc(-c2csc(NC(=O)C3CSC(c4ccncc4)N3C(=O)O)n2)cc1. The van der Waals surface area contributed by atoms with Crippen molar-refractivity contribution >= 4 is 46.1 Å². The first-order valence-electron chi connectivity index (χ1n) is 11.7. The summed E-state index contributed by atoms with van der Waals surface area (Å²) in [7, 11) is 0. The number of anilines is 1. The molecule has 3 amide bonds. The quantitative estimate of drug-likeness (QED) is 0.431. The Kier molecular flexibility index (Phi) is 7.19. The van der Waals surface area contributed by atoms with Crippen LogP contribution in [0.1, 0.15) is 47.0 Å². The van der Waals surface area contributed by atoms with E-state index < -0.39 is 23.4 Å². The Balaban J connectivity index is 1.23. The second-order valence-corrected chi connectivity index (χ2v) is 10.7. The molecule has 2 unspecified atom stereocenters. The van der Waals surface area contributed by atoms with Gasteiger partial charge in [-0.25, -0.2) is 9.78 Å². The molecule has 2 aliphatic rings. The number of nitrogens with one attached hydrogen (secondary N) is 2. The molecule has 2 aromatic heterocycles. The number of carbonyl (C=O) groups is 3. The summed E-state index contributed by atoms with van der Waals surface area (Å²) >= 11 is 2.67. The predicted octanol–water partition coefficient (Wildman–Crippen LogP) is 4.61. The molecule has 0 spiro atoms. The molecule has 2 fully saturated rings. The molecule has 3 N–H and O–H groups in total. The Bertz CT molecular complexity index is 1240. The van der Waals surface area contributed by atoms with Crippen LogP contribution in [0.25, 0.3) is 11.3 Å². The lowest BCUT2D eigenvalue weighted by Crippen LogP contribution is -2.44. The van der Waals surface area contributed by atoms with Gasteiger partial charge >= 0.3 is 6.09 Å². The predicted molar refractivity (Wildman–Crippen MR) is 139 cm³/mol. The van der Waals surface area contributed by atoms with Crippen molar-refractivity contribution in [3.8, 4) is 11.3 Å². The molecule has 186 valence electrons. The average Bonchev–Trinajstić information content (AvgIpc) is 3.66. The summed E-state index contributed by atoms with van der Waals surface area (Å²) in [4.78, 5) is 47.1. The van der Waals surface area contributed by atoms with Crippen LogP contribution in [0, 0.1) is 0 Å². The standard InChI is InChI=1S/C25H25N5O4S2/c31-21(27-18-3-1-2-4-18)16-7-5-15(6-8-16)19-13-36-24(28-19)29-22(32)20-14-35-23(30(20)25(33)34)17-9-11-26-12-10-17/h5-13,18,20,23H,1-4,14H2,(H,27,31)(H,33,34)(H,28,29,32). The van der Waals surface area contributed by atoms with Gasteiger partial charge < -0.3 is 15.7 Å². The number of rotatable bonds is 6. The summed E-state index contributed by atoms with van der Waals surface area (Å²) in [6.45, 7) is 0. The smallest absolute Gasteiger partial charge is 0.409 e. The highest BCUT2D eigenvalue weighted by Crippen LogP contribution is 2.41. The molecule has 5 rings (SSSR count). The number of pyridine rings is 1. The lowest BCUT2D eigenvalue weighted by atomic mass is 10.1. The van der Waals surface area contributed by atoms with Crippen LogP contribution in [0.3, 0.4) is 0 Å². The third-order valence-corrected chi connectivity index (χ3v) is 8.46. The van der Waals surface area contributed by atoms with Crippen LogP contribution >= 0.6 is 23.1 Å². The van der Waals surface area contributed by atoms with Crippen molar-refractivity contribution in [2.45, 2.75) is 43.1 Å². The van der Waals surface area contributed by atoms with E-state index in [-0.39, 0.29) is 11.9 Å². The van der Waals surface area contributed by atoms with Crippen molar-refractivity contribution < 1.29 is 19.5 Å². The van der Waals surface area contributed by atoms with Crippen LogP contribution in [0.2, 0.25) is 0 Å². The van der Waals surface area contributed by atoms with Gasteiger partial charge in [-0.1, -0.05) is 25.0 Å². The molecular weight excluding hydrogens is 498 g/mol. The van der Waals surface area contributed by atoms with Gasteiger partial charge in [0.1, 0.15) is 11.4 Å². The molecule has 2 atom stereocenters. The number of carbonyl (C=O) groups excluding carboxylic acids is 2. The topological polar surface area (TPSA) is 125 Å². The van der Waals surface area contributed by atoms with E-state index in [2.05, 4.69) is 20.6 Å². The molecule has 0 radical (unpaired) electrons. The zero-order valence-electron chi connectivity index (χ0n) is 19.3. The van der Waals surface area contributed by atoms with Crippen LogP contribution in [-0.2, 0) is 4.79 Å². The first kappa shape index (κ1) is 24.3. The zero-order valence-corrected chi connectivity index (χ0v) is 20.9. The van der Waals surface area contributed by atoms with Gasteiger partial charge in [0.05, 0.1) is 5.69 Å². The maximum atomic E-state index is 13.0. The van der Waals surface area contributed by atoms with Crippen LogP contribution in [0.15, 0.2) is 54.2 Å². The Morgan fingerprint density at radius 1 is 1.03 bits per heavy atom. The summed E-state index contributed by atoms with van der Waals surface area (Å²) < 4.78 is 0. The van der Waals surface area contributed by atoms with Gasteiger partial charge in [-0.3, -0.25) is 19.5 Å². The summed E-state index contributed by atoms with van der Waals surface area (Å²) in [6, 6.07) is 10.2. The fourth-order valence-corrected chi connectivity index (χ4v) is 6.66. The van der Waals surface area contributed by atoms with E-state index >= 15 is 0 Å². The fourth-order valence-electron chi connectivity index (χ4n) is 4.51. The number of nitrogens with zero attached hydrogens (tertiary/aromatic N) is 3. The molecule has 9 nitrogen and oxygen atoms in total. The van der Waals surface area contributed by atoms with Gasteiger partial charge in [-0.05, 0) is 42.7 Å². The van der Waals surface area contributed by atoms with E-state index in [0.717, 1.165) is 36.8 Å². The van der Waals surface area contributed by atoms with E-state index in [0.29, 0.717) is 22.1 Å². The highest BCUT2D eigenvalue weighted by molar-refractivity contribution is 7.99. The van der Waals surface area contributed by atoms with E-state index in [9.17, 15) is 19.5 Å². The first-order chi connectivity index (χ1) is 17.5. The molecule has 3 aromatic rings. The molecule has 11 heteroatoms. The molecule has 1 aliphatic carbocycles. The van der Waals surface area contributed by atoms with Crippen molar-refractivity contribution in [2.24, 2.45) is 0 Å². The number of thiazole rings is 1. The second-order valence-electron chi connectivity index (χ2n) is 8.73. The molecular formula is C25H25N5O4S2. The lowest BCUT2D eigenvalue weighted by Gasteiger charge is -2.25. The Morgan fingerprint density at radius 3 is 2.44 bits per heavy atom. The van der Waals surface area contributed by atoms with Crippen molar-refractivity contribution in [1.29, 1.82) is 0 Å². The fraction of sp³-hybridized carbons (Fsp3) is 0.320. The van der Waals surface area contributed by atoms with Crippen molar-refractivity contribution in [3.63, 3.8) is 0 Å².